The second-order valence-electron chi connectivity index (χ2n) is 3.50. The molecule has 2 rings (SSSR count). The average Bonchev–Trinajstić information content (AvgIpc) is 2.85. The molecule has 0 aliphatic rings. The van der Waals surface area contributed by atoms with Crippen molar-refractivity contribution in [3.05, 3.63) is 36.2 Å². The minimum absolute atomic E-state index is 0.000499. The Hall–Kier alpha value is -2.35. The van der Waals surface area contributed by atoms with Crippen LogP contribution in [-0.2, 0) is 5.75 Å². The summed E-state index contributed by atoms with van der Waals surface area (Å²) < 4.78 is 5.47. The van der Waals surface area contributed by atoms with Gasteiger partial charge in [0.15, 0.2) is 11.1 Å². The van der Waals surface area contributed by atoms with E-state index in [1.807, 2.05) is 30.3 Å². The zero-order valence-electron chi connectivity index (χ0n) is 9.91. The number of guanidine groups is 1. The minimum Gasteiger partial charge on any atom is -0.420 e. The number of nitrogens with zero attached hydrogens (tertiary/aromatic N) is 3. The van der Waals surface area contributed by atoms with Gasteiger partial charge in [-0.2, -0.15) is 4.99 Å². The Morgan fingerprint density at radius 2 is 2.00 bits per heavy atom. The van der Waals surface area contributed by atoms with Crippen LogP contribution < -0.4 is 11.5 Å². The Balaban J connectivity index is 1.99. The molecule has 0 saturated carbocycles. The molecule has 0 saturated heterocycles. The third kappa shape index (κ3) is 3.81. The SMILES string of the molecule is N=C(N=C(N)N)SCc1nnc(-c2ccccc2)o1. The molecule has 0 fully saturated rings. The maximum Gasteiger partial charge on any atom is 0.247 e. The molecule has 0 spiro atoms. The van der Waals surface area contributed by atoms with Crippen molar-refractivity contribution in [2.75, 3.05) is 0 Å². The molecule has 0 atom stereocenters. The van der Waals surface area contributed by atoms with Crippen LogP contribution in [0.3, 0.4) is 0 Å². The molecular weight excluding hydrogens is 264 g/mol. The summed E-state index contributed by atoms with van der Waals surface area (Å²) in [5.74, 6) is 1.06. The van der Waals surface area contributed by atoms with Crippen molar-refractivity contribution in [3.63, 3.8) is 0 Å². The highest BCUT2D eigenvalue weighted by molar-refractivity contribution is 8.13. The molecule has 0 bridgehead atoms. The lowest BCUT2D eigenvalue weighted by Gasteiger charge is -1.95. The average molecular weight is 276 g/mol. The normalized spacial score (nSPS) is 10.1. The summed E-state index contributed by atoms with van der Waals surface area (Å²) in [6, 6.07) is 9.45. The van der Waals surface area contributed by atoms with E-state index in [4.69, 9.17) is 21.3 Å². The third-order valence-corrected chi connectivity index (χ3v) is 2.81. The predicted octanol–water partition coefficient (Wildman–Crippen LogP) is 1.18. The zero-order chi connectivity index (χ0) is 13.7. The highest BCUT2D eigenvalue weighted by Gasteiger charge is 2.09. The maximum atomic E-state index is 7.46. The lowest BCUT2D eigenvalue weighted by Crippen LogP contribution is -2.23. The highest BCUT2D eigenvalue weighted by Crippen LogP contribution is 2.19. The van der Waals surface area contributed by atoms with Crippen molar-refractivity contribution in [2.45, 2.75) is 5.75 Å². The fourth-order valence-electron chi connectivity index (χ4n) is 1.29. The fraction of sp³-hybridized carbons (Fsp3) is 0.0909. The number of hydrogen-bond donors (Lipinski definition) is 3. The van der Waals surface area contributed by atoms with Gasteiger partial charge < -0.3 is 15.9 Å². The Morgan fingerprint density at radius 1 is 1.26 bits per heavy atom. The molecule has 8 heteroatoms. The summed E-state index contributed by atoms with van der Waals surface area (Å²) in [6.45, 7) is 0. The summed E-state index contributed by atoms with van der Waals surface area (Å²) in [5.41, 5.74) is 11.2. The van der Waals surface area contributed by atoms with Crippen LogP contribution in [0.2, 0.25) is 0 Å². The number of nitrogens with one attached hydrogen (secondary N) is 1. The maximum absolute atomic E-state index is 7.46. The topological polar surface area (TPSA) is 127 Å². The molecule has 1 heterocycles. The van der Waals surface area contributed by atoms with E-state index in [0.717, 1.165) is 17.3 Å². The second kappa shape index (κ2) is 6.01. The summed E-state index contributed by atoms with van der Waals surface area (Å²) in [5, 5.41) is 15.3. The lowest BCUT2D eigenvalue weighted by molar-refractivity contribution is 0.529. The molecule has 2 aromatic rings. The Bertz CT molecular complexity index is 590. The van der Waals surface area contributed by atoms with Crippen LogP contribution in [0.15, 0.2) is 39.7 Å². The minimum atomic E-state index is -0.145. The number of aliphatic imine (C=N–C) groups is 1. The van der Waals surface area contributed by atoms with E-state index in [9.17, 15) is 0 Å². The van der Waals surface area contributed by atoms with Gasteiger partial charge >= 0.3 is 0 Å². The predicted molar refractivity (Wildman–Crippen MR) is 74.6 cm³/mol. The fourth-order valence-corrected chi connectivity index (χ4v) is 1.84. The monoisotopic (exact) mass is 276 g/mol. The quantitative estimate of drug-likeness (QED) is 0.570. The van der Waals surface area contributed by atoms with Gasteiger partial charge in [0.25, 0.3) is 0 Å². The van der Waals surface area contributed by atoms with Gasteiger partial charge in [0.2, 0.25) is 11.8 Å². The summed E-state index contributed by atoms with van der Waals surface area (Å²) in [6.07, 6.45) is 0. The molecule has 0 aliphatic carbocycles. The van der Waals surface area contributed by atoms with Gasteiger partial charge in [-0.3, -0.25) is 5.41 Å². The van der Waals surface area contributed by atoms with Gasteiger partial charge in [-0.15, -0.1) is 10.2 Å². The first-order valence-corrected chi connectivity index (χ1v) is 6.32. The van der Waals surface area contributed by atoms with E-state index in [0.29, 0.717) is 17.5 Å². The van der Waals surface area contributed by atoms with Crippen molar-refractivity contribution in [1.29, 1.82) is 5.41 Å². The van der Waals surface area contributed by atoms with Gasteiger partial charge in [0, 0.05) is 5.56 Å². The second-order valence-corrected chi connectivity index (χ2v) is 4.46. The van der Waals surface area contributed by atoms with Crippen LogP contribution in [0.5, 0.6) is 0 Å². The van der Waals surface area contributed by atoms with Crippen molar-refractivity contribution >= 4 is 22.9 Å². The van der Waals surface area contributed by atoms with E-state index in [-0.39, 0.29) is 11.1 Å². The molecule has 0 amide bonds. The molecule has 0 aliphatic heterocycles. The van der Waals surface area contributed by atoms with Crippen molar-refractivity contribution in [1.82, 2.24) is 10.2 Å². The van der Waals surface area contributed by atoms with Gasteiger partial charge in [-0.05, 0) is 12.1 Å². The first kappa shape index (κ1) is 13.1. The molecule has 7 nitrogen and oxygen atoms in total. The first-order chi connectivity index (χ1) is 9.15. The number of thioether (sulfide) groups is 1. The smallest absolute Gasteiger partial charge is 0.247 e. The lowest BCUT2D eigenvalue weighted by atomic mass is 10.2. The summed E-state index contributed by atoms with van der Waals surface area (Å²) in [7, 11) is 0. The standard InChI is InChI=1S/C11H12N6OS/c12-10(13)15-11(14)19-6-8-16-17-9(18-8)7-4-2-1-3-5-7/h1-5H,6H2,(H5,12,13,14,15). The van der Waals surface area contributed by atoms with E-state index < -0.39 is 0 Å². The van der Waals surface area contributed by atoms with E-state index in [1.54, 1.807) is 0 Å². The Kier molecular flexibility index (Phi) is 4.14. The molecule has 1 aromatic heterocycles. The largest absolute Gasteiger partial charge is 0.420 e. The van der Waals surface area contributed by atoms with Crippen LogP contribution in [0.1, 0.15) is 5.89 Å². The first-order valence-electron chi connectivity index (χ1n) is 5.34. The van der Waals surface area contributed by atoms with Crippen LogP contribution in [-0.4, -0.2) is 21.3 Å². The van der Waals surface area contributed by atoms with Gasteiger partial charge in [-0.25, -0.2) is 0 Å². The summed E-state index contributed by atoms with van der Waals surface area (Å²) in [4.78, 5) is 3.59. The van der Waals surface area contributed by atoms with E-state index in [1.165, 1.54) is 0 Å². The van der Waals surface area contributed by atoms with Gasteiger partial charge in [0.1, 0.15) is 0 Å². The highest BCUT2D eigenvalue weighted by atomic mass is 32.2. The molecule has 5 N–H and O–H groups in total. The molecule has 1 aromatic carbocycles. The van der Waals surface area contributed by atoms with Crippen LogP contribution in [0, 0.1) is 5.41 Å². The number of rotatable bonds is 3. The Labute approximate surface area is 113 Å². The summed E-state index contributed by atoms with van der Waals surface area (Å²) >= 11 is 1.11. The van der Waals surface area contributed by atoms with Crippen LogP contribution >= 0.6 is 11.8 Å². The zero-order valence-corrected chi connectivity index (χ0v) is 10.7. The number of aromatic nitrogens is 2. The van der Waals surface area contributed by atoms with Crippen LogP contribution in [0.25, 0.3) is 11.5 Å². The number of benzene rings is 1. The van der Waals surface area contributed by atoms with Crippen molar-refractivity contribution in [3.8, 4) is 11.5 Å². The van der Waals surface area contributed by atoms with Crippen LogP contribution in [0.4, 0.5) is 0 Å². The molecule has 0 radical (unpaired) electrons. The van der Waals surface area contributed by atoms with Crippen molar-refractivity contribution < 1.29 is 4.42 Å². The molecule has 19 heavy (non-hydrogen) atoms. The van der Waals surface area contributed by atoms with E-state index in [2.05, 4.69) is 15.2 Å². The number of amidine groups is 1. The Morgan fingerprint density at radius 3 is 2.68 bits per heavy atom. The molecule has 0 unspecified atom stereocenters. The number of nitrogens with two attached hydrogens (primary N) is 2. The molecule has 98 valence electrons. The third-order valence-electron chi connectivity index (χ3n) is 2.05. The van der Waals surface area contributed by atoms with Gasteiger partial charge in [0.05, 0.1) is 5.75 Å². The number of hydrogen-bond acceptors (Lipinski definition) is 5. The van der Waals surface area contributed by atoms with Crippen molar-refractivity contribution in [2.24, 2.45) is 16.5 Å². The molecular formula is C11H12N6OS. The van der Waals surface area contributed by atoms with E-state index >= 15 is 0 Å². The van der Waals surface area contributed by atoms with Gasteiger partial charge in [-0.1, -0.05) is 30.0 Å².